The fourth-order valence-electron chi connectivity index (χ4n) is 2.40. The molecule has 16 heavy (non-hydrogen) atoms. The zero-order valence-corrected chi connectivity index (χ0v) is 9.82. The molecule has 1 aliphatic carbocycles. The molecule has 0 spiro atoms. The predicted octanol–water partition coefficient (Wildman–Crippen LogP) is 1.52. The molecule has 1 aliphatic rings. The Morgan fingerprint density at radius 2 is 2.12 bits per heavy atom. The number of nitrogens with zero attached hydrogens (tertiary/aromatic N) is 1. The molecular weight excluding hydrogens is 200 g/mol. The summed E-state index contributed by atoms with van der Waals surface area (Å²) < 4.78 is 0. The van der Waals surface area contributed by atoms with Gasteiger partial charge in [-0.2, -0.15) is 0 Å². The molecule has 0 radical (unpaired) electrons. The van der Waals surface area contributed by atoms with Gasteiger partial charge in [-0.25, -0.2) is 0 Å². The molecule has 1 atom stereocenters. The maximum Gasteiger partial charge on any atom is 0.0613 e. The molecule has 1 aromatic heterocycles. The van der Waals surface area contributed by atoms with Crippen LogP contribution in [-0.4, -0.2) is 28.3 Å². The Kier molecular flexibility index (Phi) is 3.56. The first-order valence-corrected chi connectivity index (χ1v) is 6.02. The summed E-state index contributed by atoms with van der Waals surface area (Å²) in [5, 5.41) is 12.9. The van der Waals surface area contributed by atoms with E-state index in [1.807, 2.05) is 24.5 Å². The first-order chi connectivity index (χ1) is 7.74. The zero-order valence-electron chi connectivity index (χ0n) is 9.82. The Morgan fingerprint density at radius 3 is 2.62 bits per heavy atom. The van der Waals surface area contributed by atoms with Crippen LogP contribution in [0.2, 0.25) is 0 Å². The number of aliphatic hydroxyl groups excluding tert-OH is 1. The molecule has 1 fully saturated rings. The average molecular weight is 220 g/mol. The molecule has 0 aliphatic heterocycles. The van der Waals surface area contributed by atoms with E-state index in [1.165, 1.54) is 12.0 Å². The molecule has 0 bridgehead atoms. The summed E-state index contributed by atoms with van der Waals surface area (Å²) in [5.74, 6) is 0. The normalized spacial score (nSPS) is 20.1. The van der Waals surface area contributed by atoms with Gasteiger partial charge >= 0.3 is 0 Å². The maximum absolute atomic E-state index is 9.38. The van der Waals surface area contributed by atoms with Crippen LogP contribution in [-0.2, 0) is 6.42 Å². The topological polar surface area (TPSA) is 45.2 Å². The Hall–Kier alpha value is -0.930. The third-order valence-corrected chi connectivity index (χ3v) is 3.46. The summed E-state index contributed by atoms with van der Waals surface area (Å²) in [6.45, 7) is 2.43. The van der Waals surface area contributed by atoms with E-state index in [-0.39, 0.29) is 12.1 Å². The van der Waals surface area contributed by atoms with Crippen molar-refractivity contribution in [2.75, 3.05) is 6.61 Å². The van der Waals surface area contributed by atoms with Crippen LogP contribution in [0.15, 0.2) is 24.5 Å². The summed E-state index contributed by atoms with van der Waals surface area (Å²) in [4.78, 5) is 4.01. The first-order valence-electron chi connectivity index (χ1n) is 6.02. The molecule has 1 unspecified atom stereocenters. The second kappa shape index (κ2) is 4.93. The molecule has 1 heterocycles. The fraction of sp³-hybridized carbons (Fsp3) is 0.615. The number of nitrogens with one attached hydrogen (secondary N) is 1. The third-order valence-electron chi connectivity index (χ3n) is 3.46. The van der Waals surface area contributed by atoms with Crippen molar-refractivity contribution in [1.82, 2.24) is 10.3 Å². The van der Waals surface area contributed by atoms with E-state index in [0.717, 1.165) is 19.3 Å². The van der Waals surface area contributed by atoms with E-state index in [1.54, 1.807) is 0 Å². The second-order valence-corrected chi connectivity index (χ2v) is 4.90. The number of rotatable bonds is 5. The van der Waals surface area contributed by atoms with Crippen LogP contribution >= 0.6 is 0 Å². The van der Waals surface area contributed by atoms with E-state index < -0.39 is 0 Å². The number of hydrogen-bond acceptors (Lipinski definition) is 3. The van der Waals surface area contributed by atoms with E-state index in [9.17, 15) is 5.11 Å². The molecule has 0 amide bonds. The van der Waals surface area contributed by atoms with Gasteiger partial charge in [0.15, 0.2) is 0 Å². The van der Waals surface area contributed by atoms with Crippen molar-refractivity contribution in [3.05, 3.63) is 30.1 Å². The van der Waals surface area contributed by atoms with Crippen LogP contribution in [0.4, 0.5) is 0 Å². The second-order valence-electron chi connectivity index (χ2n) is 4.90. The van der Waals surface area contributed by atoms with E-state index in [0.29, 0.717) is 6.04 Å². The highest BCUT2D eigenvalue weighted by atomic mass is 16.3. The lowest BCUT2D eigenvalue weighted by Gasteiger charge is -2.43. The molecule has 0 saturated heterocycles. The van der Waals surface area contributed by atoms with Gasteiger partial charge in [-0.15, -0.1) is 0 Å². The predicted molar refractivity (Wildman–Crippen MR) is 64.2 cm³/mol. The Balaban J connectivity index is 1.87. The molecule has 1 saturated carbocycles. The van der Waals surface area contributed by atoms with Gasteiger partial charge in [-0.05, 0) is 50.3 Å². The van der Waals surface area contributed by atoms with E-state index in [4.69, 9.17) is 0 Å². The van der Waals surface area contributed by atoms with Crippen LogP contribution in [0, 0.1) is 0 Å². The summed E-state index contributed by atoms with van der Waals surface area (Å²) in [5.41, 5.74) is 1.30. The van der Waals surface area contributed by atoms with Crippen LogP contribution in [0.5, 0.6) is 0 Å². The van der Waals surface area contributed by atoms with Gasteiger partial charge in [0.05, 0.1) is 6.61 Å². The Morgan fingerprint density at radius 1 is 1.44 bits per heavy atom. The van der Waals surface area contributed by atoms with Crippen LogP contribution in [0.3, 0.4) is 0 Å². The van der Waals surface area contributed by atoms with E-state index in [2.05, 4.69) is 17.2 Å². The maximum atomic E-state index is 9.38. The van der Waals surface area contributed by atoms with Crippen molar-refractivity contribution in [2.45, 2.75) is 44.2 Å². The summed E-state index contributed by atoms with van der Waals surface area (Å²) >= 11 is 0. The summed E-state index contributed by atoms with van der Waals surface area (Å²) in [7, 11) is 0. The van der Waals surface area contributed by atoms with Gasteiger partial charge in [-0.1, -0.05) is 0 Å². The molecule has 0 aromatic carbocycles. The van der Waals surface area contributed by atoms with Gasteiger partial charge < -0.3 is 10.4 Å². The minimum Gasteiger partial charge on any atom is -0.394 e. The Bertz CT molecular complexity index is 316. The number of hydrogen-bond donors (Lipinski definition) is 2. The quantitative estimate of drug-likeness (QED) is 0.790. The van der Waals surface area contributed by atoms with Crippen LogP contribution in [0.1, 0.15) is 31.7 Å². The lowest BCUT2D eigenvalue weighted by Crippen LogP contribution is -2.57. The average Bonchev–Trinajstić information content (AvgIpc) is 2.25. The van der Waals surface area contributed by atoms with Crippen LogP contribution in [0.25, 0.3) is 0 Å². The van der Waals surface area contributed by atoms with Gasteiger partial charge in [0.25, 0.3) is 0 Å². The number of pyridine rings is 1. The lowest BCUT2D eigenvalue weighted by atomic mass is 9.77. The highest BCUT2D eigenvalue weighted by molar-refractivity contribution is 5.11. The lowest BCUT2D eigenvalue weighted by molar-refractivity contribution is 0.0787. The van der Waals surface area contributed by atoms with Crippen molar-refractivity contribution in [3.8, 4) is 0 Å². The van der Waals surface area contributed by atoms with Gasteiger partial charge in [-0.3, -0.25) is 4.98 Å². The minimum atomic E-state index is 0.00640. The molecule has 2 N–H and O–H groups in total. The Labute approximate surface area is 96.9 Å². The van der Waals surface area contributed by atoms with Crippen molar-refractivity contribution < 1.29 is 5.11 Å². The molecule has 3 heteroatoms. The van der Waals surface area contributed by atoms with E-state index >= 15 is 0 Å². The number of aliphatic hydroxyl groups is 1. The summed E-state index contributed by atoms with van der Waals surface area (Å²) in [6.07, 6.45) is 8.08. The molecule has 2 rings (SSSR count). The monoisotopic (exact) mass is 220 g/mol. The van der Waals surface area contributed by atoms with Gasteiger partial charge in [0.2, 0.25) is 0 Å². The largest absolute Gasteiger partial charge is 0.394 e. The minimum absolute atomic E-state index is 0.00640. The van der Waals surface area contributed by atoms with Crippen molar-refractivity contribution in [1.29, 1.82) is 0 Å². The van der Waals surface area contributed by atoms with Gasteiger partial charge in [0, 0.05) is 24.0 Å². The van der Waals surface area contributed by atoms with Crippen molar-refractivity contribution in [2.24, 2.45) is 0 Å². The van der Waals surface area contributed by atoms with Crippen molar-refractivity contribution >= 4 is 0 Å². The SMILES string of the molecule is CC(Cc1ccncc1)NC1(CO)CCC1. The molecule has 88 valence electrons. The molecule has 1 aromatic rings. The third kappa shape index (κ3) is 2.60. The molecular formula is C13H20N2O. The first kappa shape index (κ1) is 11.6. The van der Waals surface area contributed by atoms with Crippen LogP contribution < -0.4 is 5.32 Å². The molecule has 3 nitrogen and oxygen atoms in total. The smallest absolute Gasteiger partial charge is 0.0613 e. The summed E-state index contributed by atoms with van der Waals surface area (Å²) in [6, 6.07) is 4.49. The standard InChI is InChI=1S/C13H20N2O/c1-11(9-12-3-7-14-8-4-12)15-13(10-16)5-2-6-13/h3-4,7-8,11,15-16H,2,5-6,9-10H2,1H3. The fourth-order valence-corrected chi connectivity index (χ4v) is 2.40. The number of aromatic nitrogens is 1. The zero-order chi connectivity index (χ0) is 11.4. The van der Waals surface area contributed by atoms with Gasteiger partial charge in [0.1, 0.15) is 0 Å². The highest BCUT2D eigenvalue weighted by Gasteiger charge is 2.36. The van der Waals surface area contributed by atoms with Crippen molar-refractivity contribution in [3.63, 3.8) is 0 Å². The highest BCUT2D eigenvalue weighted by Crippen LogP contribution is 2.31.